The van der Waals surface area contributed by atoms with E-state index in [-0.39, 0.29) is 11.7 Å². The minimum atomic E-state index is -0.489. The van der Waals surface area contributed by atoms with Gasteiger partial charge in [0.05, 0.1) is 18.3 Å². The second-order valence-corrected chi connectivity index (χ2v) is 3.46. The van der Waals surface area contributed by atoms with Crippen LogP contribution in [0.25, 0.3) is 0 Å². The first kappa shape index (κ1) is 10.3. The normalized spacial score (nSPS) is 21.3. The topological polar surface area (TPSA) is 38.3 Å². The van der Waals surface area contributed by atoms with Crippen molar-refractivity contribution < 1.29 is 13.9 Å². The van der Waals surface area contributed by atoms with E-state index in [2.05, 4.69) is 5.32 Å². The highest BCUT2D eigenvalue weighted by Crippen LogP contribution is 2.20. The molecule has 1 aromatic carbocycles. The molecule has 1 aromatic rings. The standard InChI is InChI=1S/C11H12FNO2/c12-10-5-8(1-2-9(10)7-14)11-6-13-3-4-15-11/h1-2,5,7,11,13H,3-4,6H2. The summed E-state index contributed by atoms with van der Waals surface area (Å²) in [5.74, 6) is -0.489. The highest BCUT2D eigenvalue weighted by Gasteiger charge is 2.16. The van der Waals surface area contributed by atoms with Crippen molar-refractivity contribution in [2.24, 2.45) is 0 Å². The van der Waals surface area contributed by atoms with Gasteiger partial charge < -0.3 is 10.1 Å². The van der Waals surface area contributed by atoms with Crippen LogP contribution in [0.4, 0.5) is 4.39 Å². The zero-order valence-electron chi connectivity index (χ0n) is 8.20. The van der Waals surface area contributed by atoms with Gasteiger partial charge >= 0.3 is 0 Å². The van der Waals surface area contributed by atoms with Gasteiger partial charge in [-0.1, -0.05) is 6.07 Å². The Morgan fingerprint density at radius 1 is 1.53 bits per heavy atom. The summed E-state index contributed by atoms with van der Waals surface area (Å²) in [5, 5.41) is 3.16. The molecular weight excluding hydrogens is 197 g/mol. The molecule has 1 atom stereocenters. The Morgan fingerprint density at radius 3 is 3.00 bits per heavy atom. The number of hydrogen-bond acceptors (Lipinski definition) is 3. The predicted octanol–water partition coefficient (Wildman–Crippen LogP) is 1.30. The fraction of sp³-hybridized carbons (Fsp3) is 0.364. The lowest BCUT2D eigenvalue weighted by atomic mass is 10.1. The van der Waals surface area contributed by atoms with Crippen molar-refractivity contribution in [2.75, 3.05) is 19.7 Å². The van der Waals surface area contributed by atoms with E-state index in [0.717, 1.165) is 12.1 Å². The van der Waals surface area contributed by atoms with Crippen LogP contribution in [0.3, 0.4) is 0 Å². The van der Waals surface area contributed by atoms with Crippen molar-refractivity contribution >= 4 is 6.29 Å². The van der Waals surface area contributed by atoms with E-state index in [9.17, 15) is 9.18 Å². The van der Waals surface area contributed by atoms with E-state index in [0.29, 0.717) is 19.4 Å². The van der Waals surface area contributed by atoms with Crippen LogP contribution >= 0.6 is 0 Å². The van der Waals surface area contributed by atoms with Gasteiger partial charge in [0.1, 0.15) is 5.82 Å². The van der Waals surface area contributed by atoms with E-state index in [1.54, 1.807) is 6.07 Å². The fourth-order valence-electron chi connectivity index (χ4n) is 1.62. The molecule has 1 saturated heterocycles. The molecule has 0 bridgehead atoms. The molecule has 1 unspecified atom stereocenters. The van der Waals surface area contributed by atoms with Gasteiger partial charge in [-0.3, -0.25) is 4.79 Å². The quantitative estimate of drug-likeness (QED) is 0.746. The summed E-state index contributed by atoms with van der Waals surface area (Å²) in [7, 11) is 0. The maximum absolute atomic E-state index is 13.3. The Labute approximate surface area is 87.2 Å². The first-order valence-electron chi connectivity index (χ1n) is 4.88. The number of benzene rings is 1. The predicted molar refractivity (Wildman–Crippen MR) is 53.4 cm³/mol. The van der Waals surface area contributed by atoms with Crippen LogP contribution in [0.1, 0.15) is 22.0 Å². The first-order chi connectivity index (χ1) is 7.31. The highest BCUT2D eigenvalue weighted by molar-refractivity contribution is 5.75. The van der Waals surface area contributed by atoms with E-state index >= 15 is 0 Å². The van der Waals surface area contributed by atoms with E-state index in [1.807, 2.05) is 0 Å². The van der Waals surface area contributed by atoms with Crippen LogP contribution in [0.5, 0.6) is 0 Å². The minimum Gasteiger partial charge on any atom is -0.371 e. The van der Waals surface area contributed by atoms with Crippen LogP contribution in [-0.4, -0.2) is 26.0 Å². The second kappa shape index (κ2) is 4.51. The van der Waals surface area contributed by atoms with Crippen LogP contribution in [0.15, 0.2) is 18.2 Å². The molecule has 80 valence electrons. The van der Waals surface area contributed by atoms with Gasteiger partial charge in [-0.2, -0.15) is 0 Å². The minimum absolute atomic E-state index is 0.0857. The van der Waals surface area contributed by atoms with Gasteiger partial charge in [-0.05, 0) is 17.7 Å². The monoisotopic (exact) mass is 209 g/mol. The molecule has 0 aliphatic carbocycles. The number of aldehydes is 1. The molecule has 1 fully saturated rings. The fourth-order valence-corrected chi connectivity index (χ4v) is 1.62. The van der Waals surface area contributed by atoms with Gasteiger partial charge in [0, 0.05) is 13.1 Å². The molecule has 0 amide bonds. The van der Waals surface area contributed by atoms with Crippen LogP contribution < -0.4 is 5.32 Å². The number of hydrogen-bond donors (Lipinski definition) is 1. The number of ether oxygens (including phenoxy) is 1. The van der Waals surface area contributed by atoms with E-state index in [1.165, 1.54) is 12.1 Å². The summed E-state index contributed by atoms with van der Waals surface area (Å²) in [4.78, 5) is 10.4. The van der Waals surface area contributed by atoms with E-state index in [4.69, 9.17) is 4.74 Å². The Balaban J connectivity index is 2.21. The summed E-state index contributed by atoms with van der Waals surface area (Å²) in [6, 6.07) is 4.57. The Hall–Kier alpha value is -1.26. The third-order valence-corrected chi connectivity index (χ3v) is 2.45. The van der Waals surface area contributed by atoms with Gasteiger partial charge in [-0.25, -0.2) is 4.39 Å². The van der Waals surface area contributed by atoms with Crippen LogP contribution in [0.2, 0.25) is 0 Å². The average Bonchev–Trinajstić information content (AvgIpc) is 2.30. The van der Waals surface area contributed by atoms with Gasteiger partial charge in [0.2, 0.25) is 0 Å². The molecule has 4 heteroatoms. The molecule has 0 spiro atoms. The van der Waals surface area contributed by atoms with Crippen molar-refractivity contribution in [3.8, 4) is 0 Å². The average molecular weight is 209 g/mol. The smallest absolute Gasteiger partial charge is 0.152 e. The molecule has 3 nitrogen and oxygen atoms in total. The maximum atomic E-state index is 13.3. The summed E-state index contributed by atoms with van der Waals surface area (Å²) < 4.78 is 18.8. The third kappa shape index (κ3) is 2.22. The highest BCUT2D eigenvalue weighted by atomic mass is 19.1. The van der Waals surface area contributed by atoms with Crippen molar-refractivity contribution in [1.29, 1.82) is 0 Å². The third-order valence-electron chi connectivity index (χ3n) is 2.45. The SMILES string of the molecule is O=Cc1ccc(C2CNCCO2)cc1F. The number of rotatable bonds is 2. The lowest BCUT2D eigenvalue weighted by molar-refractivity contribution is 0.0275. The molecule has 0 radical (unpaired) electrons. The molecular formula is C11H12FNO2. The van der Waals surface area contributed by atoms with Crippen molar-refractivity contribution in [2.45, 2.75) is 6.10 Å². The molecule has 1 N–H and O–H groups in total. The molecule has 0 aromatic heterocycles. The summed E-state index contributed by atoms with van der Waals surface area (Å²) in [6.45, 7) is 2.13. The lowest BCUT2D eigenvalue weighted by Crippen LogP contribution is -2.33. The Kier molecular flexibility index (Phi) is 3.08. The number of halogens is 1. The molecule has 2 rings (SSSR count). The summed E-state index contributed by atoms with van der Waals surface area (Å²) in [5.41, 5.74) is 0.854. The first-order valence-corrected chi connectivity index (χ1v) is 4.88. The summed E-state index contributed by atoms with van der Waals surface area (Å²) >= 11 is 0. The van der Waals surface area contributed by atoms with Crippen LogP contribution in [-0.2, 0) is 4.74 Å². The number of carbonyl (C=O) groups is 1. The molecule has 0 saturated carbocycles. The van der Waals surface area contributed by atoms with Gasteiger partial charge in [0.15, 0.2) is 6.29 Å². The number of morpholine rings is 1. The summed E-state index contributed by atoms with van der Waals surface area (Å²) in [6.07, 6.45) is 0.396. The van der Waals surface area contributed by atoms with Crippen molar-refractivity contribution in [3.05, 3.63) is 35.1 Å². The van der Waals surface area contributed by atoms with Crippen molar-refractivity contribution in [1.82, 2.24) is 5.32 Å². The molecule has 15 heavy (non-hydrogen) atoms. The zero-order chi connectivity index (χ0) is 10.7. The number of nitrogens with one attached hydrogen (secondary N) is 1. The van der Waals surface area contributed by atoms with Gasteiger partial charge in [0.25, 0.3) is 0 Å². The molecule has 1 heterocycles. The Morgan fingerprint density at radius 2 is 2.40 bits per heavy atom. The Bertz CT molecular complexity index is 362. The van der Waals surface area contributed by atoms with Crippen molar-refractivity contribution in [3.63, 3.8) is 0 Å². The van der Waals surface area contributed by atoms with E-state index < -0.39 is 5.82 Å². The van der Waals surface area contributed by atoms with Crippen LogP contribution in [0, 0.1) is 5.82 Å². The lowest BCUT2D eigenvalue weighted by Gasteiger charge is -2.24. The molecule has 1 aliphatic rings. The van der Waals surface area contributed by atoms with Gasteiger partial charge in [-0.15, -0.1) is 0 Å². The largest absolute Gasteiger partial charge is 0.371 e. The number of carbonyl (C=O) groups excluding carboxylic acids is 1. The second-order valence-electron chi connectivity index (χ2n) is 3.46. The zero-order valence-corrected chi connectivity index (χ0v) is 8.20. The maximum Gasteiger partial charge on any atom is 0.152 e. The molecule has 1 aliphatic heterocycles.